The summed E-state index contributed by atoms with van der Waals surface area (Å²) >= 11 is 10.4. The summed E-state index contributed by atoms with van der Waals surface area (Å²) in [5.74, 6) is 5.99. The van der Waals surface area contributed by atoms with Gasteiger partial charge in [0.05, 0.1) is 10.5 Å². The standard InChI is InChI=1S/C15H10ClN3S.Na/c1-19-13-5-3-2-4-10(13)11(18-19)6-7-12-15(16)14(20)8-9-17-12;/h2-5,8-9H,1H3,(H,17,20);. The molecule has 0 atom stereocenters. The Morgan fingerprint density at radius 1 is 1.14 bits per heavy atom. The van der Waals surface area contributed by atoms with Crippen LogP contribution in [0.4, 0.5) is 0 Å². The van der Waals surface area contributed by atoms with Crippen molar-refractivity contribution in [1.29, 1.82) is 0 Å². The van der Waals surface area contributed by atoms with Gasteiger partial charge in [0.25, 0.3) is 0 Å². The van der Waals surface area contributed by atoms with Crippen LogP contribution >= 0.6 is 24.2 Å². The Kier molecular flexibility index (Phi) is 5.37. The third-order valence-corrected chi connectivity index (χ3v) is 3.81. The molecule has 6 heteroatoms. The van der Waals surface area contributed by atoms with Crippen LogP contribution in [0.15, 0.2) is 41.4 Å². The van der Waals surface area contributed by atoms with Crippen LogP contribution in [0.5, 0.6) is 0 Å². The fourth-order valence-corrected chi connectivity index (χ4v) is 2.28. The van der Waals surface area contributed by atoms with Gasteiger partial charge in [-0.1, -0.05) is 23.7 Å². The number of aromatic nitrogens is 3. The molecule has 0 fully saturated rings. The number of nitrogens with zero attached hydrogens (tertiary/aromatic N) is 3. The first-order chi connectivity index (χ1) is 9.66. The topological polar surface area (TPSA) is 30.7 Å². The summed E-state index contributed by atoms with van der Waals surface area (Å²) < 4.78 is 1.81. The molecule has 0 aliphatic carbocycles. The van der Waals surface area contributed by atoms with Gasteiger partial charge in [-0.15, -0.1) is 12.6 Å². The van der Waals surface area contributed by atoms with Crippen molar-refractivity contribution in [1.82, 2.24) is 14.8 Å². The Bertz CT molecular complexity index is 864. The average Bonchev–Trinajstić information content (AvgIpc) is 2.78. The zero-order chi connectivity index (χ0) is 14.1. The first-order valence-electron chi connectivity index (χ1n) is 5.94. The number of fused-ring (bicyclic) bond motifs is 1. The van der Waals surface area contributed by atoms with E-state index >= 15 is 0 Å². The molecular weight excluding hydrogens is 313 g/mol. The molecule has 2 heterocycles. The van der Waals surface area contributed by atoms with Crippen molar-refractivity contribution in [2.24, 2.45) is 7.05 Å². The average molecular weight is 323 g/mol. The summed E-state index contributed by atoms with van der Waals surface area (Å²) in [5.41, 5.74) is 2.26. The monoisotopic (exact) mass is 322 g/mol. The second-order valence-corrected chi connectivity index (χ2v) is 5.09. The van der Waals surface area contributed by atoms with Crippen LogP contribution in [-0.4, -0.2) is 44.3 Å². The number of aryl methyl sites for hydroxylation is 1. The van der Waals surface area contributed by atoms with Crippen LogP contribution in [0.3, 0.4) is 0 Å². The molecule has 2 aromatic heterocycles. The smallest absolute Gasteiger partial charge is 0.143 e. The van der Waals surface area contributed by atoms with E-state index in [0.29, 0.717) is 21.3 Å². The third-order valence-electron chi connectivity index (χ3n) is 2.93. The summed E-state index contributed by atoms with van der Waals surface area (Å²) in [7, 11) is 1.90. The zero-order valence-electron chi connectivity index (χ0n) is 11.6. The molecular formula is C15H10ClN3NaS. The first-order valence-corrected chi connectivity index (χ1v) is 6.76. The number of pyridine rings is 1. The molecule has 0 bridgehead atoms. The van der Waals surface area contributed by atoms with Crippen molar-refractivity contribution in [3.8, 4) is 11.8 Å². The van der Waals surface area contributed by atoms with Gasteiger partial charge in [-0.05, 0) is 30.0 Å². The van der Waals surface area contributed by atoms with Crippen molar-refractivity contribution in [3.05, 3.63) is 52.9 Å². The SMILES string of the molecule is Cn1nc(C#Cc2nccc(S)c2Cl)c2ccccc21.[Na]. The van der Waals surface area contributed by atoms with Crippen LogP contribution < -0.4 is 0 Å². The molecule has 0 N–H and O–H groups in total. The van der Waals surface area contributed by atoms with Gasteiger partial charge < -0.3 is 0 Å². The molecule has 0 saturated carbocycles. The molecule has 0 amide bonds. The van der Waals surface area contributed by atoms with Crippen molar-refractivity contribution in [2.45, 2.75) is 4.90 Å². The maximum absolute atomic E-state index is 6.12. The van der Waals surface area contributed by atoms with E-state index in [1.165, 1.54) is 0 Å². The van der Waals surface area contributed by atoms with Crippen LogP contribution in [0.25, 0.3) is 10.9 Å². The Morgan fingerprint density at radius 2 is 1.86 bits per heavy atom. The van der Waals surface area contributed by atoms with E-state index in [2.05, 4.69) is 34.6 Å². The first kappa shape index (κ1) is 16.4. The molecule has 3 rings (SSSR count). The Hall–Kier alpha value is -0.960. The quantitative estimate of drug-likeness (QED) is 0.392. The molecule has 21 heavy (non-hydrogen) atoms. The van der Waals surface area contributed by atoms with Crippen LogP contribution in [0.2, 0.25) is 5.02 Å². The van der Waals surface area contributed by atoms with Crippen LogP contribution in [0, 0.1) is 11.8 Å². The van der Waals surface area contributed by atoms with E-state index in [-0.39, 0.29) is 29.6 Å². The van der Waals surface area contributed by atoms with Crippen molar-refractivity contribution in [2.75, 3.05) is 0 Å². The predicted molar refractivity (Wildman–Crippen MR) is 88.9 cm³/mol. The van der Waals surface area contributed by atoms with E-state index in [4.69, 9.17) is 11.6 Å². The number of hydrogen-bond donors (Lipinski definition) is 1. The minimum absolute atomic E-state index is 0. The maximum Gasteiger partial charge on any atom is 0.143 e. The maximum atomic E-state index is 6.12. The number of halogens is 1. The van der Waals surface area contributed by atoms with E-state index in [0.717, 1.165) is 10.9 Å². The molecule has 0 aliphatic heterocycles. The fourth-order valence-electron chi connectivity index (χ4n) is 1.95. The molecule has 99 valence electrons. The summed E-state index contributed by atoms with van der Waals surface area (Å²) in [5, 5.41) is 5.89. The minimum Gasteiger partial charge on any atom is -0.267 e. The number of hydrogen-bond acceptors (Lipinski definition) is 3. The summed E-state index contributed by atoms with van der Waals surface area (Å²) in [4.78, 5) is 4.82. The number of rotatable bonds is 0. The molecule has 0 spiro atoms. The summed E-state index contributed by atoms with van der Waals surface area (Å²) in [6.07, 6.45) is 1.63. The zero-order valence-corrected chi connectivity index (χ0v) is 15.3. The van der Waals surface area contributed by atoms with Crippen molar-refractivity contribution in [3.63, 3.8) is 0 Å². The number of thiol groups is 1. The molecule has 0 aliphatic rings. The minimum atomic E-state index is 0. The van der Waals surface area contributed by atoms with Gasteiger partial charge in [-0.25, -0.2) is 4.98 Å². The summed E-state index contributed by atoms with van der Waals surface area (Å²) in [6.45, 7) is 0. The molecule has 0 saturated heterocycles. The van der Waals surface area contributed by atoms with Gasteiger partial charge in [-0.3, -0.25) is 4.68 Å². The summed E-state index contributed by atoms with van der Waals surface area (Å²) in [6, 6.07) is 9.68. The Balaban J connectivity index is 0.00000161. The largest absolute Gasteiger partial charge is 0.267 e. The van der Waals surface area contributed by atoms with Crippen molar-refractivity contribution < 1.29 is 0 Å². The van der Waals surface area contributed by atoms with Gasteiger partial charge >= 0.3 is 0 Å². The van der Waals surface area contributed by atoms with Gasteiger partial charge in [0.2, 0.25) is 0 Å². The molecule has 0 unspecified atom stereocenters. The third kappa shape index (κ3) is 3.28. The fraction of sp³-hybridized carbons (Fsp3) is 0.0667. The van der Waals surface area contributed by atoms with E-state index in [1.54, 1.807) is 12.3 Å². The predicted octanol–water partition coefficient (Wildman–Crippen LogP) is 2.93. The number of benzene rings is 1. The number of para-hydroxylation sites is 1. The van der Waals surface area contributed by atoms with E-state index < -0.39 is 0 Å². The van der Waals surface area contributed by atoms with Gasteiger partial charge in [0.15, 0.2) is 0 Å². The molecule has 1 radical (unpaired) electrons. The molecule has 1 aromatic carbocycles. The Morgan fingerprint density at radius 3 is 2.67 bits per heavy atom. The van der Waals surface area contributed by atoms with Gasteiger partial charge in [0.1, 0.15) is 11.4 Å². The van der Waals surface area contributed by atoms with Crippen molar-refractivity contribution >= 4 is 64.7 Å². The van der Waals surface area contributed by atoms with E-state index in [1.807, 2.05) is 36.0 Å². The van der Waals surface area contributed by atoms with Crippen LogP contribution in [0.1, 0.15) is 11.4 Å². The Labute approximate surface area is 155 Å². The second-order valence-electron chi connectivity index (χ2n) is 4.23. The van der Waals surface area contributed by atoms with Gasteiger partial charge in [0, 0.05) is 53.1 Å². The molecule has 3 aromatic rings. The second kappa shape index (κ2) is 6.87. The van der Waals surface area contributed by atoms with E-state index in [9.17, 15) is 0 Å². The van der Waals surface area contributed by atoms with Crippen LogP contribution in [-0.2, 0) is 7.05 Å². The normalized spacial score (nSPS) is 9.86. The van der Waals surface area contributed by atoms with Gasteiger partial charge in [-0.2, -0.15) is 5.10 Å². The molecule has 3 nitrogen and oxygen atoms in total.